The van der Waals surface area contributed by atoms with Crippen LogP contribution in [0.15, 0.2) is 29.2 Å². The van der Waals surface area contributed by atoms with Gasteiger partial charge in [0.1, 0.15) is 0 Å². The Kier molecular flexibility index (Phi) is 2.89. The van der Waals surface area contributed by atoms with Crippen molar-refractivity contribution in [3.05, 3.63) is 34.9 Å². The molecular formula is C12H16N4O2. The number of pyridine rings is 1. The lowest BCUT2D eigenvalue weighted by Crippen LogP contribution is -2.43. The molecule has 3 heterocycles. The quantitative estimate of drug-likeness (QED) is 0.740. The summed E-state index contributed by atoms with van der Waals surface area (Å²) in [4.78, 5) is 14.3. The minimum Gasteiger partial charge on any atom is -0.374 e. The number of ether oxygens (including phenoxy) is 1. The van der Waals surface area contributed by atoms with E-state index in [1.54, 1.807) is 10.6 Å². The minimum atomic E-state index is -0.109. The second kappa shape index (κ2) is 4.55. The van der Waals surface area contributed by atoms with Crippen LogP contribution in [0.3, 0.4) is 0 Å². The van der Waals surface area contributed by atoms with Crippen LogP contribution < -0.4 is 5.69 Å². The van der Waals surface area contributed by atoms with Crippen LogP contribution in [0.25, 0.3) is 5.65 Å². The molecule has 0 N–H and O–H groups in total. The van der Waals surface area contributed by atoms with Gasteiger partial charge in [0.15, 0.2) is 5.65 Å². The topological polar surface area (TPSA) is 51.8 Å². The van der Waals surface area contributed by atoms with Crippen LogP contribution in [-0.2, 0) is 11.3 Å². The fourth-order valence-electron chi connectivity index (χ4n) is 2.26. The highest BCUT2D eigenvalue weighted by molar-refractivity contribution is 5.35. The number of fused-ring (bicyclic) bond motifs is 1. The van der Waals surface area contributed by atoms with Gasteiger partial charge in [-0.2, -0.15) is 0 Å². The van der Waals surface area contributed by atoms with Gasteiger partial charge in [-0.1, -0.05) is 6.07 Å². The smallest absolute Gasteiger partial charge is 0.350 e. The molecule has 1 saturated heterocycles. The summed E-state index contributed by atoms with van der Waals surface area (Å²) < 4.78 is 8.69. The van der Waals surface area contributed by atoms with Gasteiger partial charge in [-0.05, 0) is 19.2 Å². The van der Waals surface area contributed by atoms with Crippen molar-refractivity contribution in [3.63, 3.8) is 0 Å². The summed E-state index contributed by atoms with van der Waals surface area (Å²) in [5.74, 6) is 0. The largest absolute Gasteiger partial charge is 0.374 e. The maximum absolute atomic E-state index is 12.1. The average Bonchev–Trinajstić information content (AvgIpc) is 2.67. The van der Waals surface area contributed by atoms with Gasteiger partial charge >= 0.3 is 5.69 Å². The van der Waals surface area contributed by atoms with E-state index in [9.17, 15) is 4.79 Å². The Hall–Kier alpha value is -1.66. The summed E-state index contributed by atoms with van der Waals surface area (Å²) in [6, 6.07) is 5.52. The lowest BCUT2D eigenvalue weighted by Gasteiger charge is -2.29. The van der Waals surface area contributed by atoms with Gasteiger partial charge in [-0.15, -0.1) is 5.10 Å². The van der Waals surface area contributed by atoms with Gasteiger partial charge in [0.2, 0.25) is 0 Å². The third kappa shape index (κ3) is 2.04. The number of morpholine rings is 1. The molecule has 6 nitrogen and oxygen atoms in total. The first kappa shape index (κ1) is 11.4. The van der Waals surface area contributed by atoms with E-state index in [-0.39, 0.29) is 11.8 Å². The summed E-state index contributed by atoms with van der Waals surface area (Å²) in [5.41, 5.74) is 0.564. The van der Waals surface area contributed by atoms with Crippen LogP contribution in [-0.4, -0.2) is 51.9 Å². The molecule has 2 aromatic heterocycles. The molecule has 1 aliphatic rings. The van der Waals surface area contributed by atoms with Crippen LogP contribution >= 0.6 is 0 Å². The van der Waals surface area contributed by atoms with Crippen molar-refractivity contribution in [1.29, 1.82) is 0 Å². The maximum Gasteiger partial charge on any atom is 0.350 e. The van der Waals surface area contributed by atoms with E-state index in [2.05, 4.69) is 17.0 Å². The number of nitrogens with zero attached hydrogens (tertiary/aromatic N) is 4. The average molecular weight is 248 g/mol. The van der Waals surface area contributed by atoms with E-state index < -0.39 is 0 Å². The third-order valence-electron chi connectivity index (χ3n) is 3.21. The third-order valence-corrected chi connectivity index (χ3v) is 3.21. The zero-order valence-corrected chi connectivity index (χ0v) is 10.3. The van der Waals surface area contributed by atoms with Crippen LogP contribution in [0.5, 0.6) is 0 Å². The molecule has 6 heteroatoms. The van der Waals surface area contributed by atoms with Crippen molar-refractivity contribution in [2.75, 3.05) is 26.7 Å². The molecule has 0 bridgehead atoms. The van der Waals surface area contributed by atoms with Crippen molar-refractivity contribution in [3.8, 4) is 0 Å². The van der Waals surface area contributed by atoms with Crippen molar-refractivity contribution < 1.29 is 4.74 Å². The number of rotatable bonds is 2. The van der Waals surface area contributed by atoms with Crippen LogP contribution in [0.2, 0.25) is 0 Å². The predicted molar refractivity (Wildman–Crippen MR) is 66.7 cm³/mol. The van der Waals surface area contributed by atoms with E-state index in [0.29, 0.717) is 18.8 Å². The molecule has 0 saturated carbocycles. The minimum absolute atomic E-state index is 0.0337. The number of hydrogen-bond acceptors (Lipinski definition) is 4. The van der Waals surface area contributed by atoms with Gasteiger partial charge in [0.05, 0.1) is 19.3 Å². The zero-order chi connectivity index (χ0) is 12.5. The summed E-state index contributed by atoms with van der Waals surface area (Å²) >= 11 is 0. The Morgan fingerprint density at radius 3 is 3.17 bits per heavy atom. The molecule has 18 heavy (non-hydrogen) atoms. The summed E-state index contributed by atoms with van der Waals surface area (Å²) in [6.45, 7) is 2.99. The van der Waals surface area contributed by atoms with E-state index >= 15 is 0 Å². The Morgan fingerprint density at radius 2 is 2.39 bits per heavy atom. The Labute approximate surface area is 104 Å². The molecule has 0 aliphatic carbocycles. The molecule has 1 unspecified atom stereocenters. The Balaban J connectivity index is 1.86. The Morgan fingerprint density at radius 1 is 1.50 bits per heavy atom. The second-order valence-electron chi connectivity index (χ2n) is 4.65. The van der Waals surface area contributed by atoms with Crippen LogP contribution in [0.4, 0.5) is 0 Å². The summed E-state index contributed by atoms with van der Waals surface area (Å²) in [5, 5.41) is 4.30. The summed E-state index contributed by atoms with van der Waals surface area (Å²) in [7, 11) is 2.06. The molecular weight excluding hydrogens is 232 g/mol. The first-order chi connectivity index (χ1) is 8.74. The monoisotopic (exact) mass is 248 g/mol. The molecule has 0 radical (unpaired) electrons. The molecule has 2 aromatic rings. The number of likely N-dealkylation sites (N-methyl/N-ethyl adjacent to an activating group) is 1. The van der Waals surface area contributed by atoms with Crippen molar-refractivity contribution in [2.24, 2.45) is 0 Å². The highest BCUT2D eigenvalue weighted by Gasteiger charge is 2.19. The van der Waals surface area contributed by atoms with Gasteiger partial charge in [0, 0.05) is 19.3 Å². The maximum atomic E-state index is 12.1. The van der Waals surface area contributed by atoms with Crippen molar-refractivity contribution in [2.45, 2.75) is 12.6 Å². The van der Waals surface area contributed by atoms with Crippen molar-refractivity contribution in [1.82, 2.24) is 19.1 Å². The first-order valence-corrected chi connectivity index (χ1v) is 6.08. The van der Waals surface area contributed by atoms with Gasteiger partial charge in [-0.25, -0.2) is 9.48 Å². The lowest BCUT2D eigenvalue weighted by atomic mass is 10.3. The number of hydrogen-bond donors (Lipinski definition) is 0. The SMILES string of the molecule is CN1CCOC(Cn2nc3ccccn3c2=O)C1. The van der Waals surface area contributed by atoms with E-state index in [4.69, 9.17) is 4.74 Å². The number of aromatic nitrogens is 3. The predicted octanol–water partition coefficient (Wildman–Crippen LogP) is -0.173. The highest BCUT2D eigenvalue weighted by atomic mass is 16.5. The van der Waals surface area contributed by atoms with Crippen LogP contribution in [0, 0.1) is 0 Å². The van der Waals surface area contributed by atoms with Gasteiger partial charge < -0.3 is 9.64 Å². The normalized spacial score (nSPS) is 21.5. The molecule has 1 fully saturated rings. The molecule has 0 amide bonds. The second-order valence-corrected chi connectivity index (χ2v) is 4.65. The first-order valence-electron chi connectivity index (χ1n) is 6.08. The van der Waals surface area contributed by atoms with E-state index in [1.165, 1.54) is 4.68 Å². The molecule has 1 atom stereocenters. The van der Waals surface area contributed by atoms with Gasteiger partial charge in [0.25, 0.3) is 0 Å². The van der Waals surface area contributed by atoms with Crippen LogP contribution in [0.1, 0.15) is 0 Å². The van der Waals surface area contributed by atoms with E-state index in [0.717, 1.165) is 13.1 Å². The van der Waals surface area contributed by atoms with Gasteiger partial charge in [-0.3, -0.25) is 4.40 Å². The standard InChI is InChI=1S/C12H16N4O2/c1-14-6-7-18-10(8-14)9-16-12(17)15-5-3-2-4-11(15)13-16/h2-5,10H,6-9H2,1H3. The molecule has 0 aromatic carbocycles. The fraction of sp³-hybridized carbons (Fsp3) is 0.500. The highest BCUT2D eigenvalue weighted by Crippen LogP contribution is 2.05. The summed E-state index contributed by atoms with van der Waals surface area (Å²) in [6.07, 6.45) is 1.76. The fourth-order valence-corrected chi connectivity index (χ4v) is 2.26. The zero-order valence-electron chi connectivity index (χ0n) is 10.3. The van der Waals surface area contributed by atoms with E-state index in [1.807, 2.05) is 18.2 Å². The lowest BCUT2D eigenvalue weighted by molar-refractivity contribution is -0.0295. The molecule has 96 valence electrons. The Bertz CT molecular complexity index is 603. The molecule has 3 rings (SSSR count). The molecule has 1 aliphatic heterocycles. The van der Waals surface area contributed by atoms with Crippen molar-refractivity contribution >= 4 is 5.65 Å². The molecule has 0 spiro atoms.